The van der Waals surface area contributed by atoms with Crippen LogP contribution in [0, 0.1) is 13.8 Å². The van der Waals surface area contributed by atoms with Crippen LogP contribution in [0.3, 0.4) is 0 Å². The van der Waals surface area contributed by atoms with Crippen LogP contribution in [0.1, 0.15) is 11.1 Å². The molecule has 0 saturated carbocycles. The van der Waals surface area contributed by atoms with Gasteiger partial charge in [0.2, 0.25) is 0 Å². The third-order valence-corrected chi connectivity index (χ3v) is 7.95. The van der Waals surface area contributed by atoms with Gasteiger partial charge in [0.15, 0.2) is 0 Å². The van der Waals surface area contributed by atoms with Crippen LogP contribution in [-0.2, 0) is 0 Å². The van der Waals surface area contributed by atoms with E-state index >= 15 is 0 Å². The fraction of sp³-hybridized carbons (Fsp3) is 0.0526. The first-order valence-corrected chi connectivity index (χ1v) is 13.3. The summed E-state index contributed by atoms with van der Waals surface area (Å²) in [7, 11) is 0. The summed E-state index contributed by atoms with van der Waals surface area (Å²) < 4.78 is 0. The van der Waals surface area contributed by atoms with E-state index in [-0.39, 0.29) is 0 Å². The minimum atomic E-state index is 1.24. The van der Waals surface area contributed by atoms with Gasteiger partial charge < -0.3 is 0 Å². The zero-order chi connectivity index (χ0) is 25.6. The van der Waals surface area contributed by atoms with Gasteiger partial charge >= 0.3 is 0 Å². The fourth-order valence-corrected chi connectivity index (χ4v) is 5.93. The summed E-state index contributed by atoms with van der Waals surface area (Å²) in [5.74, 6) is 0. The van der Waals surface area contributed by atoms with Crippen LogP contribution in [0.25, 0.3) is 65.7 Å². The summed E-state index contributed by atoms with van der Waals surface area (Å²) in [5.41, 5.74) is 10.2. The lowest BCUT2D eigenvalue weighted by atomic mass is 9.90. The highest BCUT2D eigenvalue weighted by atomic mass is 14.1. The Hall–Kier alpha value is -4.68. The highest BCUT2D eigenvalue weighted by molar-refractivity contribution is 6.25. The first-order valence-electron chi connectivity index (χ1n) is 13.3. The number of aryl methyl sites for hydroxylation is 2. The van der Waals surface area contributed by atoms with E-state index in [2.05, 4.69) is 147 Å². The third-order valence-electron chi connectivity index (χ3n) is 7.95. The Morgan fingerprint density at radius 2 is 0.763 bits per heavy atom. The van der Waals surface area contributed by atoms with Crippen molar-refractivity contribution in [3.8, 4) is 33.4 Å². The van der Waals surface area contributed by atoms with E-state index in [1.165, 1.54) is 76.8 Å². The molecule has 0 radical (unpaired) electrons. The number of fused-ring (bicyclic) bond motifs is 6. The molecule has 0 saturated heterocycles. The van der Waals surface area contributed by atoms with Crippen molar-refractivity contribution in [2.75, 3.05) is 0 Å². The van der Waals surface area contributed by atoms with Crippen molar-refractivity contribution in [1.29, 1.82) is 0 Å². The number of hydrogen-bond acceptors (Lipinski definition) is 0. The van der Waals surface area contributed by atoms with E-state index in [0.717, 1.165) is 0 Å². The van der Waals surface area contributed by atoms with Crippen LogP contribution in [0.5, 0.6) is 0 Å². The molecule has 0 aliphatic carbocycles. The normalized spacial score (nSPS) is 11.4. The molecule has 7 rings (SSSR count). The molecule has 0 amide bonds. The monoisotopic (exact) mass is 484 g/mol. The largest absolute Gasteiger partial charge is 0.0620 e. The molecular weight excluding hydrogens is 456 g/mol. The van der Waals surface area contributed by atoms with Crippen molar-refractivity contribution in [3.05, 3.63) is 145 Å². The molecule has 0 fully saturated rings. The molecule has 0 heteroatoms. The van der Waals surface area contributed by atoms with E-state index in [1.54, 1.807) is 0 Å². The SMILES string of the molecule is Cc1ccccc1-c1cc(-c2cccc(-c3ccc4c5ccccc5c5ccccc5c4c3)c2)ccc1C. The Morgan fingerprint density at radius 1 is 0.289 bits per heavy atom. The first kappa shape index (κ1) is 22.5. The quantitative estimate of drug-likeness (QED) is 0.219. The van der Waals surface area contributed by atoms with E-state index < -0.39 is 0 Å². The van der Waals surface area contributed by atoms with Crippen LogP contribution in [0.4, 0.5) is 0 Å². The minimum Gasteiger partial charge on any atom is -0.0620 e. The van der Waals surface area contributed by atoms with E-state index in [1.807, 2.05) is 0 Å². The molecular formula is C38H28. The first-order chi connectivity index (χ1) is 18.7. The van der Waals surface area contributed by atoms with Crippen molar-refractivity contribution in [3.63, 3.8) is 0 Å². The van der Waals surface area contributed by atoms with E-state index in [9.17, 15) is 0 Å². The molecule has 0 atom stereocenters. The highest BCUT2D eigenvalue weighted by Gasteiger charge is 2.11. The van der Waals surface area contributed by atoms with Crippen LogP contribution >= 0.6 is 0 Å². The maximum atomic E-state index is 2.37. The second-order valence-electron chi connectivity index (χ2n) is 10.3. The molecule has 0 unspecified atom stereocenters. The standard InChI is InChI=1S/C38H28/c1-25-10-3-4-13-31(25)37-23-29(19-18-26(37)2)27-11-9-12-28(22-27)30-20-21-36-34-16-6-5-14-32(34)33-15-7-8-17-35(33)38(36)24-30/h3-24H,1-2H3. The van der Waals surface area contributed by atoms with Crippen molar-refractivity contribution in [1.82, 2.24) is 0 Å². The Labute approximate surface area is 223 Å². The molecule has 0 heterocycles. The molecule has 0 aliphatic heterocycles. The molecule has 38 heavy (non-hydrogen) atoms. The Kier molecular flexibility index (Phi) is 5.34. The lowest BCUT2D eigenvalue weighted by Crippen LogP contribution is -1.89. The number of benzene rings is 7. The van der Waals surface area contributed by atoms with Gasteiger partial charge in [0.25, 0.3) is 0 Å². The summed E-state index contributed by atoms with van der Waals surface area (Å²) >= 11 is 0. The van der Waals surface area contributed by atoms with Gasteiger partial charge in [-0.25, -0.2) is 0 Å². The molecule has 7 aromatic carbocycles. The molecule has 0 aliphatic rings. The van der Waals surface area contributed by atoms with Gasteiger partial charge in [0.1, 0.15) is 0 Å². The molecule has 180 valence electrons. The summed E-state index contributed by atoms with van der Waals surface area (Å²) in [6.07, 6.45) is 0. The topological polar surface area (TPSA) is 0 Å². The minimum absolute atomic E-state index is 1.24. The molecule has 0 bridgehead atoms. The molecule has 7 aromatic rings. The van der Waals surface area contributed by atoms with Gasteiger partial charge in [-0.2, -0.15) is 0 Å². The second kappa shape index (κ2) is 9.01. The highest BCUT2D eigenvalue weighted by Crippen LogP contribution is 2.38. The maximum absolute atomic E-state index is 2.37. The zero-order valence-corrected chi connectivity index (χ0v) is 21.7. The van der Waals surface area contributed by atoms with Gasteiger partial charge in [-0.1, -0.05) is 115 Å². The van der Waals surface area contributed by atoms with Crippen LogP contribution < -0.4 is 0 Å². The van der Waals surface area contributed by atoms with Crippen molar-refractivity contribution in [2.24, 2.45) is 0 Å². The third kappa shape index (κ3) is 3.69. The van der Waals surface area contributed by atoms with E-state index in [0.29, 0.717) is 0 Å². The lowest BCUT2D eigenvalue weighted by molar-refractivity contribution is 1.41. The zero-order valence-electron chi connectivity index (χ0n) is 21.7. The molecule has 0 N–H and O–H groups in total. The van der Waals surface area contributed by atoms with Crippen molar-refractivity contribution in [2.45, 2.75) is 13.8 Å². The smallest absolute Gasteiger partial charge is 0.00928 e. The Bertz CT molecular complexity index is 1960. The van der Waals surface area contributed by atoms with Crippen molar-refractivity contribution >= 4 is 32.3 Å². The average molecular weight is 485 g/mol. The maximum Gasteiger partial charge on any atom is -0.00928 e. The number of hydrogen-bond donors (Lipinski definition) is 0. The predicted octanol–water partition coefficient (Wildman–Crippen LogP) is 10.8. The molecule has 0 aromatic heterocycles. The van der Waals surface area contributed by atoms with Gasteiger partial charge in [0, 0.05) is 0 Å². The van der Waals surface area contributed by atoms with Crippen LogP contribution in [-0.4, -0.2) is 0 Å². The van der Waals surface area contributed by atoms with Gasteiger partial charge in [-0.3, -0.25) is 0 Å². The summed E-state index contributed by atoms with van der Waals surface area (Å²) in [6.45, 7) is 4.39. The summed E-state index contributed by atoms with van der Waals surface area (Å²) in [6, 6.07) is 48.9. The molecule has 0 spiro atoms. The van der Waals surface area contributed by atoms with Crippen LogP contribution in [0.2, 0.25) is 0 Å². The Balaban J connectivity index is 1.38. The fourth-order valence-electron chi connectivity index (χ4n) is 5.93. The molecule has 0 nitrogen and oxygen atoms in total. The lowest BCUT2D eigenvalue weighted by Gasteiger charge is -2.14. The van der Waals surface area contributed by atoms with E-state index in [4.69, 9.17) is 0 Å². The summed E-state index contributed by atoms with van der Waals surface area (Å²) in [5, 5.41) is 7.85. The average Bonchev–Trinajstić information content (AvgIpc) is 2.98. The number of rotatable bonds is 3. The predicted molar refractivity (Wildman–Crippen MR) is 165 cm³/mol. The Morgan fingerprint density at radius 3 is 1.42 bits per heavy atom. The van der Waals surface area contributed by atoms with Crippen LogP contribution in [0.15, 0.2) is 133 Å². The van der Waals surface area contributed by atoms with Gasteiger partial charge in [-0.15, -0.1) is 0 Å². The second-order valence-corrected chi connectivity index (χ2v) is 10.3. The van der Waals surface area contributed by atoms with Gasteiger partial charge in [-0.05, 0) is 109 Å². The summed E-state index contributed by atoms with van der Waals surface area (Å²) in [4.78, 5) is 0. The van der Waals surface area contributed by atoms with Crippen molar-refractivity contribution < 1.29 is 0 Å². The van der Waals surface area contributed by atoms with Gasteiger partial charge in [0.05, 0.1) is 0 Å².